The van der Waals surface area contributed by atoms with Crippen molar-refractivity contribution in [2.24, 2.45) is 0 Å². The molecule has 4 heteroatoms. The second-order valence-corrected chi connectivity index (χ2v) is 2.38. The molecule has 1 aliphatic heterocycles. The number of methoxy groups -OCH3 is 1. The molecule has 1 rings (SSSR count). The average molecular weight is 160 g/mol. The molecule has 0 aliphatic carbocycles. The van der Waals surface area contributed by atoms with Gasteiger partial charge in [-0.25, -0.2) is 0 Å². The number of aliphatic hydroxyl groups excluding tert-OH is 2. The van der Waals surface area contributed by atoms with Crippen LogP contribution in [-0.4, -0.2) is 42.2 Å². The molecular formula is C7H12O4. The van der Waals surface area contributed by atoms with E-state index in [1.54, 1.807) is 6.08 Å². The standard InChI is InChI=1S/C7H12O4/c1-10-5-2-3-11-6(4-8)7(5)9/h2-3,5-9H,4H2,1H3/t5-,6-,7+/m1/s1. The minimum Gasteiger partial charge on any atom is -0.493 e. The fraction of sp³-hybridized carbons (Fsp3) is 0.714. The van der Waals surface area contributed by atoms with Gasteiger partial charge >= 0.3 is 0 Å². The van der Waals surface area contributed by atoms with Crippen molar-refractivity contribution in [1.82, 2.24) is 0 Å². The van der Waals surface area contributed by atoms with Crippen molar-refractivity contribution in [3.8, 4) is 0 Å². The van der Waals surface area contributed by atoms with E-state index in [1.165, 1.54) is 13.4 Å². The van der Waals surface area contributed by atoms with Gasteiger partial charge in [-0.2, -0.15) is 0 Å². The van der Waals surface area contributed by atoms with E-state index in [0.29, 0.717) is 0 Å². The Morgan fingerprint density at radius 3 is 2.91 bits per heavy atom. The van der Waals surface area contributed by atoms with Gasteiger partial charge in [0.25, 0.3) is 0 Å². The molecule has 11 heavy (non-hydrogen) atoms. The maximum Gasteiger partial charge on any atom is 0.149 e. The van der Waals surface area contributed by atoms with Crippen molar-refractivity contribution < 1.29 is 19.7 Å². The number of rotatable bonds is 2. The Bertz CT molecular complexity index is 145. The van der Waals surface area contributed by atoms with Crippen LogP contribution < -0.4 is 0 Å². The summed E-state index contributed by atoms with van der Waals surface area (Å²) in [6.07, 6.45) is 1.32. The van der Waals surface area contributed by atoms with Gasteiger partial charge in [0, 0.05) is 7.11 Å². The summed E-state index contributed by atoms with van der Waals surface area (Å²) in [7, 11) is 1.50. The van der Waals surface area contributed by atoms with Crippen molar-refractivity contribution in [2.75, 3.05) is 13.7 Å². The first-order valence-corrected chi connectivity index (χ1v) is 3.43. The molecule has 0 amide bonds. The largest absolute Gasteiger partial charge is 0.493 e. The number of hydrogen-bond acceptors (Lipinski definition) is 4. The third-order valence-electron chi connectivity index (χ3n) is 1.69. The molecule has 0 aromatic rings. The Labute approximate surface area is 65.0 Å². The van der Waals surface area contributed by atoms with E-state index in [0.717, 1.165) is 0 Å². The second kappa shape index (κ2) is 3.71. The molecule has 3 atom stereocenters. The Hall–Kier alpha value is -0.580. The first-order chi connectivity index (χ1) is 5.29. The average Bonchev–Trinajstić information content (AvgIpc) is 2.05. The Kier molecular flexibility index (Phi) is 2.87. The monoisotopic (exact) mass is 160 g/mol. The summed E-state index contributed by atoms with van der Waals surface area (Å²) in [5.41, 5.74) is 0. The summed E-state index contributed by atoms with van der Waals surface area (Å²) in [6, 6.07) is 0. The van der Waals surface area contributed by atoms with E-state index in [1.807, 2.05) is 0 Å². The quantitative estimate of drug-likeness (QED) is 0.559. The van der Waals surface area contributed by atoms with Crippen LogP contribution in [0.25, 0.3) is 0 Å². The lowest BCUT2D eigenvalue weighted by Gasteiger charge is -2.28. The van der Waals surface area contributed by atoms with E-state index >= 15 is 0 Å². The van der Waals surface area contributed by atoms with Crippen molar-refractivity contribution in [1.29, 1.82) is 0 Å². The third kappa shape index (κ3) is 1.71. The van der Waals surface area contributed by atoms with Gasteiger partial charge in [0.1, 0.15) is 18.3 Å². The summed E-state index contributed by atoms with van der Waals surface area (Å²) < 4.78 is 9.82. The van der Waals surface area contributed by atoms with Crippen LogP contribution >= 0.6 is 0 Å². The molecule has 0 spiro atoms. The van der Waals surface area contributed by atoms with Gasteiger partial charge in [-0.3, -0.25) is 0 Å². The minimum atomic E-state index is -0.782. The number of aliphatic hydroxyl groups is 2. The second-order valence-electron chi connectivity index (χ2n) is 2.38. The van der Waals surface area contributed by atoms with Gasteiger partial charge in [0.05, 0.1) is 12.9 Å². The Morgan fingerprint density at radius 2 is 2.36 bits per heavy atom. The Balaban J connectivity index is 2.57. The molecule has 0 saturated heterocycles. The zero-order valence-electron chi connectivity index (χ0n) is 6.30. The van der Waals surface area contributed by atoms with E-state index in [4.69, 9.17) is 14.6 Å². The SMILES string of the molecule is CO[C@@H]1C=CO[C@H](CO)[C@H]1O. The molecule has 0 unspecified atom stereocenters. The molecule has 4 nitrogen and oxygen atoms in total. The van der Waals surface area contributed by atoms with E-state index < -0.39 is 12.2 Å². The molecule has 0 aromatic heterocycles. The molecule has 0 aromatic carbocycles. The molecule has 0 fully saturated rings. The van der Waals surface area contributed by atoms with Gasteiger partial charge in [-0.05, 0) is 6.08 Å². The number of hydrogen-bond donors (Lipinski definition) is 2. The first-order valence-electron chi connectivity index (χ1n) is 3.43. The summed E-state index contributed by atoms with van der Waals surface area (Å²) >= 11 is 0. The fourth-order valence-corrected chi connectivity index (χ4v) is 0.999. The molecule has 0 bridgehead atoms. The molecule has 64 valence electrons. The maximum atomic E-state index is 9.37. The zero-order valence-corrected chi connectivity index (χ0v) is 6.30. The van der Waals surface area contributed by atoms with Crippen molar-refractivity contribution in [2.45, 2.75) is 18.3 Å². The lowest BCUT2D eigenvalue weighted by molar-refractivity contribution is -0.0917. The first kappa shape index (κ1) is 8.52. The summed E-state index contributed by atoms with van der Waals surface area (Å²) in [4.78, 5) is 0. The van der Waals surface area contributed by atoms with Gasteiger partial charge in [0.15, 0.2) is 0 Å². The molecular weight excluding hydrogens is 148 g/mol. The fourth-order valence-electron chi connectivity index (χ4n) is 0.999. The lowest BCUT2D eigenvalue weighted by atomic mass is 10.1. The highest BCUT2D eigenvalue weighted by molar-refractivity contribution is 4.97. The van der Waals surface area contributed by atoms with Crippen molar-refractivity contribution in [3.05, 3.63) is 12.3 Å². The summed E-state index contributed by atoms with van der Waals surface area (Å²) in [5, 5.41) is 18.1. The van der Waals surface area contributed by atoms with Crippen LogP contribution in [0.4, 0.5) is 0 Å². The topological polar surface area (TPSA) is 58.9 Å². The van der Waals surface area contributed by atoms with Gasteiger partial charge in [0.2, 0.25) is 0 Å². The predicted molar refractivity (Wildman–Crippen MR) is 37.9 cm³/mol. The maximum absolute atomic E-state index is 9.37. The van der Waals surface area contributed by atoms with E-state index in [-0.39, 0.29) is 12.7 Å². The highest BCUT2D eigenvalue weighted by Crippen LogP contribution is 2.13. The zero-order chi connectivity index (χ0) is 8.27. The van der Waals surface area contributed by atoms with Gasteiger partial charge < -0.3 is 19.7 Å². The van der Waals surface area contributed by atoms with Crippen LogP contribution in [0.5, 0.6) is 0 Å². The minimum absolute atomic E-state index is 0.203. The van der Waals surface area contributed by atoms with Gasteiger partial charge in [-0.15, -0.1) is 0 Å². The van der Waals surface area contributed by atoms with Crippen molar-refractivity contribution >= 4 is 0 Å². The highest BCUT2D eigenvalue weighted by Gasteiger charge is 2.29. The lowest BCUT2D eigenvalue weighted by Crippen LogP contribution is -2.43. The highest BCUT2D eigenvalue weighted by atomic mass is 16.5. The molecule has 1 heterocycles. The number of ether oxygens (including phenoxy) is 2. The van der Waals surface area contributed by atoms with E-state index in [2.05, 4.69) is 0 Å². The van der Waals surface area contributed by atoms with Crippen LogP contribution in [0.2, 0.25) is 0 Å². The van der Waals surface area contributed by atoms with Gasteiger partial charge in [-0.1, -0.05) is 0 Å². The third-order valence-corrected chi connectivity index (χ3v) is 1.69. The summed E-state index contributed by atoms with van der Waals surface area (Å²) in [5.74, 6) is 0. The summed E-state index contributed by atoms with van der Waals surface area (Å²) in [6.45, 7) is -0.203. The van der Waals surface area contributed by atoms with Crippen LogP contribution in [0.3, 0.4) is 0 Å². The molecule has 0 radical (unpaired) electrons. The van der Waals surface area contributed by atoms with Crippen LogP contribution in [0.1, 0.15) is 0 Å². The predicted octanol–water partition coefficient (Wildman–Crippen LogP) is -0.733. The Morgan fingerprint density at radius 1 is 1.64 bits per heavy atom. The van der Waals surface area contributed by atoms with E-state index in [9.17, 15) is 5.11 Å². The van der Waals surface area contributed by atoms with Crippen LogP contribution in [-0.2, 0) is 9.47 Å². The normalized spacial score (nSPS) is 36.8. The molecule has 1 aliphatic rings. The smallest absolute Gasteiger partial charge is 0.149 e. The van der Waals surface area contributed by atoms with Crippen LogP contribution in [0.15, 0.2) is 12.3 Å². The van der Waals surface area contributed by atoms with Crippen LogP contribution in [0, 0.1) is 0 Å². The molecule has 2 N–H and O–H groups in total. The molecule has 0 saturated carbocycles. The van der Waals surface area contributed by atoms with Crippen molar-refractivity contribution in [3.63, 3.8) is 0 Å².